The minimum atomic E-state index is -0.522. The van der Waals surface area contributed by atoms with E-state index in [2.05, 4.69) is 10.6 Å². The van der Waals surface area contributed by atoms with Gasteiger partial charge in [-0.3, -0.25) is 4.79 Å². The maximum absolute atomic E-state index is 11.3. The predicted molar refractivity (Wildman–Crippen MR) is 69.4 cm³/mol. The number of carbonyl (C=O) groups is 1. The molecular formula is C14H18N2O2. The van der Waals surface area contributed by atoms with E-state index >= 15 is 0 Å². The third kappa shape index (κ3) is 2.26. The van der Waals surface area contributed by atoms with Gasteiger partial charge in [0.25, 0.3) is 0 Å². The summed E-state index contributed by atoms with van der Waals surface area (Å²) in [4.78, 5) is 11.3. The van der Waals surface area contributed by atoms with E-state index in [1.165, 1.54) is 12.8 Å². The molecule has 3 N–H and O–H groups in total. The number of hydrogen-bond acceptors (Lipinski definition) is 3. The Hall–Kier alpha value is -1.39. The molecule has 4 heteroatoms. The summed E-state index contributed by atoms with van der Waals surface area (Å²) >= 11 is 0. The van der Waals surface area contributed by atoms with Gasteiger partial charge in [-0.2, -0.15) is 0 Å². The molecular weight excluding hydrogens is 228 g/mol. The number of amides is 1. The van der Waals surface area contributed by atoms with Crippen LogP contribution in [0.25, 0.3) is 0 Å². The quantitative estimate of drug-likeness (QED) is 0.751. The zero-order valence-corrected chi connectivity index (χ0v) is 10.4. The fourth-order valence-electron chi connectivity index (χ4n) is 2.43. The molecule has 1 aliphatic heterocycles. The second-order valence-corrected chi connectivity index (χ2v) is 5.32. The van der Waals surface area contributed by atoms with E-state index in [0.717, 1.165) is 16.8 Å². The van der Waals surface area contributed by atoms with Crippen molar-refractivity contribution in [3.05, 3.63) is 29.3 Å². The molecule has 1 heterocycles. The number of benzene rings is 1. The second-order valence-electron chi connectivity index (χ2n) is 5.32. The molecule has 1 aromatic rings. The fraction of sp³-hybridized carbons (Fsp3) is 0.500. The Bertz CT molecular complexity index is 483. The van der Waals surface area contributed by atoms with E-state index in [1.54, 1.807) is 0 Å². The molecule has 2 atom stereocenters. The lowest BCUT2D eigenvalue weighted by atomic mass is 10.00. The maximum Gasteiger partial charge on any atom is 0.228 e. The molecule has 1 amide bonds. The molecule has 0 radical (unpaired) electrons. The maximum atomic E-state index is 11.3. The van der Waals surface area contributed by atoms with Crippen molar-refractivity contribution in [3.63, 3.8) is 0 Å². The molecule has 96 valence electrons. The molecule has 2 unspecified atom stereocenters. The van der Waals surface area contributed by atoms with Crippen LogP contribution in [0.5, 0.6) is 0 Å². The third-order valence-electron chi connectivity index (χ3n) is 3.65. The molecule has 18 heavy (non-hydrogen) atoms. The van der Waals surface area contributed by atoms with Crippen LogP contribution in [0.15, 0.2) is 18.2 Å². The fourth-order valence-corrected chi connectivity index (χ4v) is 2.43. The van der Waals surface area contributed by atoms with Crippen LogP contribution in [0.1, 0.15) is 37.0 Å². The van der Waals surface area contributed by atoms with E-state index in [1.807, 2.05) is 25.1 Å². The lowest BCUT2D eigenvalue weighted by molar-refractivity contribution is -0.115. The number of fused-ring (bicyclic) bond motifs is 1. The monoisotopic (exact) mass is 246 g/mol. The van der Waals surface area contributed by atoms with Crippen molar-refractivity contribution < 1.29 is 9.90 Å². The zero-order valence-electron chi connectivity index (χ0n) is 10.4. The number of nitrogens with one attached hydrogen (secondary N) is 2. The Morgan fingerprint density at radius 1 is 1.44 bits per heavy atom. The van der Waals surface area contributed by atoms with Crippen molar-refractivity contribution in [1.82, 2.24) is 5.32 Å². The largest absolute Gasteiger partial charge is 0.387 e. The van der Waals surface area contributed by atoms with Crippen molar-refractivity contribution in [2.75, 3.05) is 5.32 Å². The molecule has 2 aliphatic rings. The Kier molecular flexibility index (Phi) is 2.84. The first-order chi connectivity index (χ1) is 8.63. The van der Waals surface area contributed by atoms with E-state index in [4.69, 9.17) is 0 Å². The lowest BCUT2D eigenvalue weighted by Gasteiger charge is -2.21. The van der Waals surface area contributed by atoms with Gasteiger partial charge in [0.05, 0.1) is 12.5 Å². The Morgan fingerprint density at radius 3 is 2.94 bits per heavy atom. The molecule has 0 saturated heterocycles. The Labute approximate surface area is 106 Å². The number of aliphatic hydroxyl groups is 1. The van der Waals surface area contributed by atoms with Crippen molar-refractivity contribution in [2.24, 2.45) is 0 Å². The normalized spacial score (nSPS) is 21.3. The van der Waals surface area contributed by atoms with Gasteiger partial charge in [-0.25, -0.2) is 0 Å². The van der Waals surface area contributed by atoms with Crippen LogP contribution >= 0.6 is 0 Å². The van der Waals surface area contributed by atoms with Crippen molar-refractivity contribution >= 4 is 11.6 Å². The van der Waals surface area contributed by atoms with Gasteiger partial charge >= 0.3 is 0 Å². The first-order valence-electron chi connectivity index (χ1n) is 6.50. The van der Waals surface area contributed by atoms with Crippen molar-refractivity contribution in [2.45, 2.75) is 44.4 Å². The van der Waals surface area contributed by atoms with Gasteiger partial charge in [-0.15, -0.1) is 0 Å². The number of anilines is 1. The Morgan fingerprint density at radius 2 is 2.22 bits per heavy atom. The first-order valence-corrected chi connectivity index (χ1v) is 6.50. The highest BCUT2D eigenvalue weighted by Crippen LogP contribution is 2.28. The van der Waals surface area contributed by atoms with E-state index < -0.39 is 6.10 Å². The molecule has 1 saturated carbocycles. The SMILES string of the molecule is CC(NC1CC1)C(O)c1ccc2c(c1)CC(=O)N2. The van der Waals surface area contributed by atoms with Gasteiger partial charge in [-0.1, -0.05) is 12.1 Å². The summed E-state index contributed by atoms with van der Waals surface area (Å²) in [5, 5.41) is 16.5. The van der Waals surface area contributed by atoms with E-state index in [-0.39, 0.29) is 11.9 Å². The average Bonchev–Trinajstić information content (AvgIpc) is 3.06. The van der Waals surface area contributed by atoms with Crippen LogP contribution in [0.4, 0.5) is 5.69 Å². The van der Waals surface area contributed by atoms with Crippen molar-refractivity contribution in [1.29, 1.82) is 0 Å². The van der Waals surface area contributed by atoms with E-state index in [0.29, 0.717) is 12.5 Å². The summed E-state index contributed by atoms with van der Waals surface area (Å²) in [6.45, 7) is 2.00. The summed E-state index contributed by atoms with van der Waals surface area (Å²) in [7, 11) is 0. The summed E-state index contributed by atoms with van der Waals surface area (Å²) < 4.78 is 0. The summed E-state index contributed by atoms with van der Waals surface area (Å²) in [5.74, 6) is 0.0285. The second kappa shape index (κ2) is 4.37. The predicted octanol–water partition coefficient (Wildman–Crippen LogP) is 1.36. The number of aliphatic hydroxyl groups excluding tert-OH is 1. The molecule has 4 nitrogen and oxygen atoms in total. The van der Waals surface area contributed by atoms with Crippen LogP contribution in [0.2, 0.25) is 0 Å². The minimum Gasteiger partial charge on any atom is -0.387 e. The van der Waals surface area contributed by atoms with E-state index in [9.17, 15) is 9.90 Å². The first kappa shape index (κ1) is 11.7. The van der Waals surface area contributed by atoms with Gasteiger partial charge in [0.15, 0.2) is 0 Å². The molecule has 1 aliphatic carbocycles. The van der Waals surface area contributed by atoms with Gasteiger partial charge in [0.1, 0.15) is 0 Å². The van der Waals surface area contributed by atoms with Gasteiger partial charge in [-0.05, 0) is 37.0 Å². The molecule has 0 bridgehead atoms. The minimum absolute atomic E-state index is 0.0285. The van der Waals surface area contributed by atoms with Gasteiger partial charge in [0, 0.05) is 17.8 Å². The standard InChI is InChI=1S/C14H18N2O2/c1-8(15-11-3-4-11)14(18)9-2-5-12-10(6-9)7-13(17)16-12/h2,5-6,8,11,14-15,18H,3-4,7H2,1H3,(H,16,17). The average molecular weight is 246 g/mol. The highest BCUT2D eigenvalue weighted by molar-refractivity contribution is 5.99. The van der Waals surface area contributed by atoms with Gasteiger partial charge < -0.3 is 15.7 Å². The smallest absolute Gasteiger partial charge is 0.228 e. The van der Waals surface area contributed by atoms with Crippen LogP contribution in [-0.2, 0) is 11.2 Å². The highest BCUT2D eigenvalue weighted by Gasteiger charge is 2.27. The van der Waals surface area contributed by atoms with Gasteiger partial charge in [0.2, 0.25) is 5.91 Å². The van der Waals surface area contributed by atoms with Crippen LogP contribution in [-0.4, -0.2) is 23.1 Å². The Balaban J connectivity index is 1.75. The summed E-state index contributed by atoms with van der Waals surface area (Å²) in [6.07, 6.45) is 2.31. The summed E-state index contributed by atoms with van der Waals surface area (Å²) in [5.41, 5.74) is 2.74. The van der Waals surface area contributed by atoms with Crippen LogP contribution in [0.3, 0.4) is 0 Å². The van der Waals surface area contributed by atoms with Crippen LogP contribution < -0.4 is 10.6 Å². The number of hydrogen-bond donors (Lipinski definition) is 3. The van der Waals surface area contributed by atoms with Crippen LogP contribution in [0, 0.1) is 0 Å². The number of carbonyl (C=O) groups excluding carboxylic acids is 1. The molecule has 1 aromatic carbocycles. The molecule has 0 spiro atoms. The lowest BCUT2D eigenvalue weighted by Crippen LogP contribution is -2.33. The number of rotatable bonds is 4. The van der Waals surface area contributed by atoms with Crippen molar-refractivity contribution in [3.8, 4) is 0 Å². The molecule has 1 fully saturated rings. The molecule has 3 rings (SSSR count). The highest BCUT2D eigenvalue weighted by atomic mass is 16.3. The molecule has 0 aromatic heterocycles. The zero-order chi connectivity index (χ0) is 12.7. The third-order valence-corrected chi connectivity index (χ3v) is 3.65. The summed E-state index contributed by atoms with van der Waals surface area (Å²) in [6, 6.07) is 6.32. The topological polar surface area (TPSA) is 61.4 Å².